The molecule has 0 bridgehead atoms. The second kappa shape index (κ2) is 12.7. The SMILES string of the molecule is O=N[O-].[Mn]. The van der Waals surface area contributed by atoms with E-state index in [9.17, 15) is 0 Å². The van der Waals surface area contributed by atoms with Crippen LogP contribution in [-0.4, -0.2) is 0 Å². The molecule has 0 aliphatic heterocycles. The predicted octanol–water partition coefficient (Wildman–Crippen LogP) is 0.248. The van der Waals surface area contributed by atoms with Gasteiger partial charge in [-0.25, -0.2) is 0 Å². The summed E-state index contributed by atoms with van der Waals surface area (Å²) in [6, 6.07) is 0. The molecule has 0 rings (SSSR count). The van der Waals surface area contributed by atoms with E-state index in [1.807, 2.05) is 0 Å². The summed E-state index contributed by atoms with van der Waals surface area (Å²) in [6.45, 7) is 0. The van der Waals surface area contributed by atoms with Gasteiger partial charge in [0.05, 0.1) is 0 Å². The molecule has 4 heavy (non-hydrogen) atoms. The molecule has 0 aliphatic rings. The second-order valence-corrected chi connectivity index (χ2v) is 0.0745. The van der Waals surface area contributed by atoms with Crippen molar-refractivity contribution in [3.05, 3.63) is 10.1 Å². The summed E-state index contributed by atoms with van der Waals surface area (Å²) in [6.07, 6.45) is 0. The maximum atomic E-state index is 8.00. The first-order valence-corrected chi connectivity index (χ1v) is 0.365. The Morgan fingerprint density at radius 1 is 1.75 bits per heavy atom. The van der Waals surface area contributed by atoms with Crippen LogP contribution in [0.1, 0.15) is 0 Å². The Kier molecular flexibility index (Phi) is 28.8. The standard InChI is InChI=1S/Mn.HNO2/c;2-1-3/h;(H,2,3)/p-1. The molecule has 4 heteroatoms. The minimum Gasteiger partial charge on any atom is -0.444 e. The molecule has 0 amide bonds. The van der Waals surface area contributed by atoms with E-state index in [-0.39, 0.29) is 17.1 Å². The molecule has 0 saturated carbocycles. The molecule has 0 aliphatic carbocycles. The van der Waals surface area contributed by atoms with Crippen LogP contribution in [0.4, 0.5) is 0 Å². The van der Waals surface area contributed by atoms with Crippen molar-refractivity contribution < 1.29 is 17.1 Å². The molecule has 0 fully saturated rings. The summed E-state index contributed by atoms with van der Waals surface area (Å²) in [5, 5.41) is 9.00. The van der Waals surface area contributed by atoms with Crippen molar-refractivity contribution in [2.45, 2.75) is 0 Å². The van der Waals surface area contributed by atoms with Crippen LogP contribution >= 0.6 is 0 Å². The van der Waals surface area contributed by atoms with Gasteiger partial charge in [0.25, 0.3) is 0 Å². The van der Waals surface area contributed by atoms with Crippen LogP contribution in [-0.2, 0) is 17.1 Å². The van der Waals surface area contributed by atoms with E-state index in [4.69, 9.17) is 10.1 Å². The Morgan fingerprint density at radius 2 is 1.75 bits per heavy atom. The van der Waals surface area contributed by atoms with E-state index in [1.54, 1.807) is 0 Å². The molecule has 0 saturated heterocycles. The zero-order valence-electron chi connectivity index (χ0n) is 1.64. The van der Waals surface area contributed by atoms with Crippen LogP contribution in [0.25, 0.3) is 0 Å². The smallest absolute Gasteiger partial charge is 0 e. The van der Waals surface area contributed by atoms with Crippen molar-refractivity contribution >= 4 is 0 Å². The van der Waals surface area contributed by atoms with Crippen molar-refractivity contribution in [2.75, 3.05) is 0 Å². The molecule has 3 nitrogen and oxygen atoms in total. The van der Waals surface area contributed by atoms with Crippen LogP contribution in [0.2, 0.25) is 0 Å². The van der Waals surface area contributed by atoms with Gasteiger partial charge in [0.15, 0.2) is 0 Å². The minimum atomic E-state index is 0. The van der Waals surface area contributed by atoms with Gasteiger partial charge in [-0.05, 0) is 0 Å². The van der Waals surface area contributed by atoms with E-state index in [0.29, 0.717) is 0 Å². The Balaban J connectivity index is 0. The summed E-state index contributed by atoms with van der Waals surface area (Å²) in [5.41, 5.74) is 0. The zero-order valence-corrected chi connectivity index (χ0v) is 2.82. The van der Waals surface area contributed by atoms with Crippen LogP contribution in [0.3, 0.4) is 0 Å². The minimum absolute atomic E-state index is 0. The number of hydrogen-bond acceptors (Lipinski definition) is 3. The van der Waals surface area contributed by atoms with E-state index >= 15 is 0 Å². The van der Waals surface area contributed by atoms with Crippen LogP contribution < -0.4 is 0 Å². The zero-order chi connectivity index (χ0) is 2.71. The van der Waals surface area contributed by atoms with Crippen molar-refractivity contribution in [1.29, 1.82) is 0 Å². The monoisotopic (exact) mass is 101 g/mol. The molecular weight excluding hydrogens is 101 g/mol. The third-order valence-corrected chi connectivity index (χ3v) is 0. The van der Waals surface area contributed by atoms with E-state index in [2.05, 4.69) is 0 Å². The van der Waals surface area contributed by atoms with Gasteiger partial charge in [-0.15, -0.1) is 5.34 Å². The van der Waals surface area contributed by atoms with Crippen LogP contribution in [0.5, 0.6) is 0 Å². The maximum absolute atomic E-state index is 8.00. The second-order valence-electron chi connectivity index (χ2n) is 0.0745. The van der Waals surface area contributed by atoms with Crippen molar-refractivity contribution in [2.24, 2.45) is 5.34 Å². The van der Waals surface area contributed by atoms with Gasteiger partial charge >= 0.3 is 0 Å². The summed E-state index contributed by atoms with van der Waals surface area (Å²) < 4.78 is 0. The third-order valence-electron chi connectivity index (χ3n) is 0. The fourth-order valence-corrected chi connectivity index (χ4v) is 0. The first-order chi connectivity index (χ1) is 1.41. The Bertz CT molecular complexity index is 13.5. The fourth-order valence-electron chi connectivity index (χ4n) is 0. The molecule has 0 N–H and O–H groups in total. The van der Waals surface area contributed by atoms with Gasteiger partial charge in [-0.3, -0.25) is 0 Å². The summed E-state index contributed by atoms with van der Waals surface area (Å²) in [5.74, 6) is 0. The average Bonchev–Trinajstić information content (AvgIpc) is 0.918. The molecule has 0 aromatic carbocycles. The number of nitrogens with zero attached hydrogens (tertiary/aromatic N) is 1. The normalized spacial score (nSPS) is 3.00. The van der Waals surface area contributed by atoms with Gasteiger partial charge in [0.1, 0.15) is 0 Å². The Hall–Kier alpha value is -0.0805. The molecule has 25 valence electrons. The molecule has 0 unspecified atom stereocenters. The number of rotatable bonds is 0. The average molecular weight is 101 g/mol. The van der Waals surface area contributed by atoms with E-state index in [1.165, 1.54) is 0 Å². The van der Waals surface area contributed by atoms with Crippen molar-refractivity contribution in [1.82, 2.24) is 0 Å². The van der Waals surface area contributed by atoms with Crippen LogP contribution in [0, 0.1) is 10.1 Å². The topological polar surface area (TPSA) is 52.5 Å². The maximum Gasteiger partial charge on any atom is 0 e. The van der Waals surface area contributed by atoms with Crippen LogP contribution in [0.15, 0.2) is 5.34 Å². The van der Waals surface area contributed by atoms with Gasteiger partial charge < -0.3 is 10.1 Å². The van der Waals surface area contributed by atoms with E-state index in [0.717, 1.165) is 5.34 Å². The molecule has 0 aromatic rings. The Labute approximate surface area is 33.4 Å². The predicted molar refractivity (Wildman–Crippen MR) is 9.16 cm³/mol. The largest absolute Gasteiger partial charge is 0.444 e. The molecule has 0 heterocycles. The Morgan fingerprint density at radius 3 is 1.75 bits per heavy atom. The first-order valence-electron chi connectivity index (χ1n) is 0.365. The molecule has 1 radical (unpaired) electrons. The molecule has 0 aromatic heterocycles. The number of hydrogen-bond donors (Lipinski definition) is 0. The fraction of sp³-hybridized carbons (Fsp3) is 0. The van der Waals surface area contributed by atoms with Gasteiger partial charge in [0, 0.05) is 17.1 Å². The first kappa shape index (κ1) is 9.07. The molecular formula is MnNO2-. The molecule has 0 spiro atoms. The quantitative estimate of drug-likeness (QED) is 0.249. The summed E-state index contributed by atoms with van der Waals surface area (Å²) in [7, 11) is 0. The van der Waals surface area contributed by atoms with Gasteiger partial charge in [-0.1, -0.05) is 0 Å². The van der Waals surface area contributed by atoms with Gasteiger partial charge in [-0.2, -0.15) is 0 Å². The van der Waals surface area contributed by atoms with E-state index < -0.39 is 0 Å². The molecule has 0 atom stereocenters. The third kappa shape index (κ3) is 250. The van der Waals surface area contributed by atoms with Crippen molar-refractivity contribution in [3.63, 3.8) is 0 Å². The summed E-state index contributed by atoms with van der Waals surface area (Å²) >= 11 is 0. The van der Waals surface area contributed by atoms with Crippen molar-refractivity contribution in [3.8, 4) is 0 Å². The summed E-state index contributed by atoms with van der Waals surface area (Å²) in [4.78, 5) is 8.00. The van der Waals surface area contributed by atoms with Gasteiger partial charge in [0.2, 0.25) is 0 Å².